The van der Waals surface area contributed by atoms with Crippen molar-refractivity contribution in [1.29, 1.82) is 0 Å². The molecule has 3 nitrogen and oxygen atoms in total. The van der Waals surface area contributed by atoms with Gasteiger partial charge in [-0.05, 0) is 18.1 Å². The first-order chi connectivity index (χ1) is 7.90. The van der Waals surface area contributed by atoms with Gasteiger partial charge in [0.2, 0.25) is 0 Å². The van der Waals surface area contributed by atoms with Crippen LogP contribution in [0, 0.1) is 5.92 Å². The van der Waals surface area contributed by atoms with E-state index in [2.05, 4.69) is 10.6 Å². The lowest BCUT2D eigenvalue weighted by atomic mass is 10.2. The smallest absolute Gasteiger partial charge is 0.319 e. The number of carbonyl (C=O) groups is 1. The fourth-order valence-electron chi connectivity index (χ4n) is 1.08. The standard InChI is InChI=1S/C11H13Cl3N2O/c1-6(2)5-15-11(17)16-10-4-8(13)7(12)3-9(10)14/h3-4,6H,5H2,1-2H3,(H2,15,16,17). The quantitative estimate of drug-likeness (QED) is 0.796. The van der Waals surface area contributed by atoms with E-state index in [1.165, 1.54) is 12.1 Å². The summed E-state index contributed by atoms with van der Waals surface area (Å²) in [6.07, 6.45) is 0. The SMILES string of the molecule is CC(C)CNC(=O)Nc1cc(Cl)c(Cl)cc1Cl. The monoisotopic (exact) mass is 294 g/mol. The van der Waals surface area contributed by atoms with Crippen LogP contribution in [-0.4, -0.2) is 12.6 Å². The molecule has 0 heterocycles. The maximum Gasteiger partial charge on any atom is 0.319 e. The normalized spacial score (nSPS) is 10.5. The van der Waals surface area contributed by atoms with Crippen LogP contribution < -0.4 is 10.6 Å². The molecule has 0 radical (unpaired) electrons. The van der Waals surface area contributed by atoms with Gasteiger partial charge in [0.1, 0.15) is 0 Å². The zero-order chi connectivity index (χ0) is 13.0. The lowest BCUT2D eigenvalue weighted by Crippen LogP contribution is -2.31. The summed E-state index contributed by atoms with van der Waals surface area (Å²) in [5.74, 6) is 0.380. The van der Waals surface area contributed by atoms with Gasteiger partial charge in [-0.1, -0.05) is 48.7 Å². The van der Waals surface area contributed by atoms with Crippen LogP contribution >= 0.6 is 34.8 Å². The molecule has 2 N–H and O–H groups in total. The van der Waals surface area contributed by atoms with E-state index in [0.29, 0.717) is 33.2 Å². The molecule has 0 spiro atoms. The average Bonchev–Trinajstić information content (AvgIpc) is 2.23. The van der Waals surface area contributed by atoms with Crippen molar-refractivity contribution in [3.63, 3.8) is 0 Å². The summed E-state index contributed by atoms with van der Waals surface area (Å²) in [6.45, 7) is 4.60. The molecule has 0 aromatic heterocycles. The van der Waals surface area contributed by atoms with E-state index in [9.17, 15) is 4.79 Å². The van der Waals surface area contributed by atoms with E-state index in [0.717, 1.165) is 0 Å². The lowest BCUT2D eigenvalue weighted by molar-refractivity contribution is 0.251. The number of carbonyl (C=O) groups excluding carboxylic acids is 1. The number of halogens is 3. The molecule has 17 heavy (non-hydrogen) atoms. The van der Waals surface area contributed by atoms with Gasteiger partial charge in [-0.25, -0.2) is 4.79 Å². The molecule has 1 aromatic carbocycles. The summed E-state index contributed by atoms with van der Waals surface area (Å²) in [5, 5.41) is 6.36. The molecule has 0 bridgehead atoms. The summed E-state index contributed by atoms with van der Waals surface area (Å²) in [7, 11) is 0. The maximum atomic E-state index is 11.5. The Morgan fingerprint density at radius 3 is 2.35 bits per heavy atom. The van der Waals surface area contributed by atoms with E-state index < -0.39 is 0 Å². The molecule has 0 fully saturated rings. The maximum absolute atomic E-state index is 11.5. The van der Waals surface area contributed by atoms with E-state index in [4.69, 9.17) is 34.8 Å². The summed E-state index contributed by atoms with van der Waals surface area (Å²) >= 11 is 17.5. The first-order valence-corrected chi connectivity index (χ1v) is 6.23. The van der Waals surface area contributed by atoms with Crippen molar-refractivity contribution in [2.45, 2.75) is 13.8 Å². The minimum Gasteiger partial charge on any atom is -0.338 e. The first kappa shape index (κ1) is 14.4. The second-order valence-electron chi connectivity index (χ2n) is 3.98. The van der Waals surface area contributed by atoms with Gasteiger partial charge in [-0.3, -0.25) is 0 Å². The highest BCUT2D eigenvalue weighted by Crippen LogP contribution is 2.32. The fraction of sp³-hybridized carbons (Fsp3) is 0.364. The van der Waals surface area contributed by atoms with Gasteiger partial charge in [0.05, 0.1) is 20.8 Å². The number of anilines is 1. The molecule has 0 unspecified atom stereocenters. The Morgan fingerprint density at radius 2 is 1.76 bits per heavy atom. The van der Waals surface area contributed by atoms with Crippen LogP contribution in [0.5, 0.6) is 0 Å². The molecule has 0 aliphatic carbocycles. The van der Waals surface area contributed by atoms with Crippen molar-refractivity contribution < 1.29 is 4.79 Å². The van der Waals surface area contributed by atoms with Crippen LogP contribution in [0.1, 0.15) is 13.8 Å². The largest absolute Gasteiger partial charge is 0.338 e. The van der Waals surface area contributed by atoms with Crippen molar-refractivity contribution in [3.05, 3.63) is 27.2 Å². The molecule has 2 amide bonds. The van der Waals surface area contributed by atoms with Gasteiger partial charge in [0, 0.05) is 6.54 Å². The number of amides is 2. The van der Waals surface area contributed by atoms with Crippen LogP contribution in [0.15, 0.2) is 12.1 Å². The predicted molar refractivity (Wildman–Crippen MR) is 73.3 cm³/mol. The number of urea groups is 1. The molecule has 94 valence electrons. The molecule has 1 rings (SSSR count). The summed E-state index contributed by atoms with van der Waals surface area (Å²) in [6, 6.07) is 2.68. The Bertz CT molecular complexity index is 421. The summed E-state index contributed by atoms with van der Waals surface area (Å²) in [4.78, 5) is 11.5. The summed E-state index contributed by atoms with van der Waals surface area (Å²) < 4.78 is 0. The molecule has 0 saturated carbocycles. The zero-order valence-electron chi connectivity index (χ0n) is 9.48. The van der Waals surface area contributed by atoms with Crippen molar-refractivity contribution >= 4 is 46.5 Å². The first-order valence-electron chi connectivity index (χ1n) is 5.09. The summed E-state index contributed by atoms with van der Waals surface area (Å²) in [5.41, 5.74) is 0.433. The van der Waals surface area contributed by atoms with Crippen molar-refractivity contribution in [2.75, 3.05) is 11.9 Å². The van der Waals surface area contributed by atoms with Gasteiger partial charge in [-0.15, -0.1) is 0 Å². The van der Waals surface area contributed by atoms with Crippen LogP contribution in [0.3, 0.4) is 0 Å². The highest BCUT2D eigenvalue weighted by Gasteiger charge is 2.09. The Balaban J connectivity index is 2.68. The van der Waals surface area contributed by atoms with E-state index in [1.54, 1.807) is 0 Å². The molecule has 6 heteroatoms. The molecule has 0 aliphatic heterocycles. The number of benzene rings is 1. The molecule has 1 aromatic rings. The van der Waals surface area contributed by atoms with Crippen molar-refractivity contribution in [1.82, 2.24) is 5.32 Å². The van der Waals surface area contributed by atoms with Gasteiger partial charge >= 0.3 is 6.03 Å². The van der Waals surface area contributed by atoms with Crippen LogP contribution in [0.4, 0.5) is 10.5 Å². The third-order valence-electron chi connectivity index (χ3n) is 1.93. The highest BCUT2D eigenvalue weighted by molar-refractivity contribution is 6.44. The molecule has 0 aliphatic rings. The van der Waals surface area contributed by atoms with Crippen LogP contribution in [0.2, 0.25) is 15.1 Å². The minimum absolute atomic E-state index is 0.320. The molecule has 0 saturated heterocycles. The Labute approximate surface area is 115 Å². The average molecular weight is 296 g/mol. The van der Waals surface area contributed by atoms with Gasteiger partial charge in [-0.2, -0.15) is 0 Å². The minimum atomic E-state index is -0.320. The van der Waals surface area contributed by atoms with E-state index in [1.807, 2.05) is 13.8 Å². The number of hydrogen-bond donors (Lipinski definition) is 2. The fourth-order valence-corrected chi connectivity index (χ4v) is 1.68. The van der Waals surface area contributed by atoms with Crippen LogP contribution in [0.25, 0.3) is 0 Å². The highest BCUT2D eigenvalue weighted by atomic mass is 35.5. The number of rotatable bonds is 3. The second-order valence-corrected chi connectivity index (χ2v) is 5.20. The number of hydrogen-bond acceptors (Lipinski definition) is 1. The Hall–Kier alpha value is -0.640. The van der Waals surface area contributed by atoms with Gasteiger partial charge in [0.25, 0.3) is 0 Å². The van der Waals surface area contributed by atoms with Crippen molar-refractivity contribution in [3.8, 4) is 0 Å². The van der Waals surface area contributed by atoms with Gasteiger partial charge < -0.3 is 10.6 Å². The van der Waals surface area contributed by atoms with Crippen molar-refractivity contribution in [2.24, 2.45) is 5.92 Å². The van der Waals surface area contributed by atoms with Crippen LogP contribution in [-0.2, 0) is 0 Å². The second kappa shape index (κ2) is 6.34. The topological polar surface area (TPSA) is 41.1 Å². The van der Waals surface area contributed by atoms with E-state index in [-0.39, 0.29) is 6.03 Å². The zero-order valence-corrected chi connectivity index (χ0v) is 11.7. The third-order valence-corrected chi connectivity index (χ3v) is 2.96. The number of nitrogens with one attached hydrogen (secondary N) is 2. The third kappa shape index (κ3) is 4.62. The van der Waals surface area contributed by atoms with Gasteiger partial charge in [0.15, 0.2) is 0 Å². The Kier molecular flexibility index (Phi) is 5.37. The predicted octanol–water partition coefficient (Wildman–Crippen LogP) is 4.42. The van der Waals surface area contributed by atoms with E-state index >= 15 is 0 Å². The Morgan fingerprint density at radius 1 is 1.18 bits per heavy atom. The molecule has 0 atom stereocenters. The lowest BCUT2D eigenvalue weighted by Gasteiger charge is -2.11. The molecular formula is C11H13Cl3N2O. The molecular weight excluding hydrogens is 282 g/mol.